The number of anilines is 1. The van der Waals surface area contributed by atoms with Crippen molar-refractivity contribution in [3.8, 4) is 0 Å². The van der Waals surface area contributed by atoms with Gasteiger partial charge in [0.25, 0.3) is 0 Å². The fraction of sp³-hybridized carbons (Fsp3) is 0.692. The van der Waals surface area contributed by atoms with Crippen LogP contribution in [-0.4, -0.2) is 35.7 Å². The molecule has 1 unspecified atom stereocenters. The van der Waals surface area contributed by atoms with E-state index in [1.807, 2.05) is 0 Å². The minimum absolute atomic E-state index is 0.00551. The summed E-state index contributed by atoms with van der Waals surface area (Å²) in [6.45, 7) is 8.97. The molecule has 1 amide bonds. The zero-order valence-corrected chi connectivity index (χ0v) is 19.8. The number of amides is 1. The number of likely N-dealkylation sites (tertiary alicyclic amines) is 1. The summed E-state index contributed by atoms with van der Waals surface area (Å²) in [6, 6.07) is 5.20. The first-order valence-electron chi connectivity index (χ1n) is 12.2. The number of alkyl halides is 3. The van der Waals surface area contributed by atoms with Crippen molar-refractivity contribution in [2.24, 2.45) is 29.1 Å². The minimum atomic E-state index is -4.46. The normalized spacial score (nSPS) is 30.1. The summed E-state index contributed by atoms with van der Waals surface area (Å²) in [4.78, 5) is 27.4. The average molecular weight is 465 g/mol. The molecule has 1 saturated heterocycles. The molecule has 7 heteroatoms. The number of hydrogen-bond donors (Lipinski definition) is 1. The lowest BCUT2D eigenvalue weighted by atomic mass is 9.71. The first-order chi connectivity index (χ1) is 15.4. The quantitative estimate of drug-likeness (QED) is 0.581. The molecule has 4 rings (SSSR count). The van der Waals surface area contributed by atoms with Crippen LogP contribution in [0.4, 0.5) is 18.9 Å². The van der Waals surface area contributed by atoms with Crippen LogP contribution in [0.3, 0.4) is 0 Å². The van der Waals surface area contributed by atoms with E-state index in [0.717, 1.165) is 31.1 Å². The number of halogens is 3. The van der Waals surface area contributed by atoms with E-state index < -0.39 is 17.6 Å². The monoisotopic (exact) mass is 464 g/mol. The number of benzene rings is 1. The number of nitrogens with zero attached hydrogens (tertiary/aromatic N) is 1. The van der Waals surface area contributed by atoms with Crippen LogP contribution in [0.5, 0.6) is 0 Å². The molecule has 3 atom stereocenters. The molecule has 1 aromatic rings. The Hall–Kier alpha value is -1.89. The van der Waals surface area contributed by atoms with Crippen LogP contribution in [-0.2, 0) is 15.8 Å². The van der Waals surface area contributed by atoms with Crippen LogP contribution >= 0.6 is 0 Å². The molecule has 0 spiro atoms. The number of rotatable bonds is 6. The van der Waals surface area contributed by atoms with Gasteiger partial charge in [-0.25, -0.2) is 0 Å². The van der Waals surface area contributed by atoms with E-state index >= 15 is 0 Å². The van der Waals surface area contributed by atoms with Crippen LogP contribution in [0.2, 0.25) is 0 Å². The van der Waals surface area contributed by atoms with Gasteiger partial charge in [0.2, 0.25) is 5.91 Å². The van der Waals surface area contributed by atoms with Gasteiger partial charge in [-0.3, -0.25) is 14.5 Å². The van der Waals surface area contributed by atoms with Gasteiger partial charge in [0.1, 0.15) is 5.78 Å². The number of fused-ring (bicyclic) bond motifs is 1. The highest BCUT2D eigenvalue weighted by Gasteiger charge is 2.59. The van der Waals surface area contributed by atoms with E-state index in [2.05, 4.69) is 31.0 Å². The Labute approximate surface area is 194 Å². The maximum atomic E-state index is 12.8. The Balaban J connectivity index is 1.18. The second-order valence-corrected chi connectivity index (χ2v) is 11.3. The lowest BCUT2D eigenvalue weighted by Crippen LogP contribution is -2.40. The van der Waals surface area contributed by atoms with Gasteiger partial charge >= 0.3 is 6.18 Å². The number of carbonyl (C=O) groups excluding carboxylic acids is 2. The number of ketones is 1. The number of piperidine rings is 1. The third-order valence-electron chi connectivity index (χ3n) is 8.10. The third-order valence-corrected chi connectivity index (χ3v) is 8.10. The van der Waals surface area contributed by atoms with Gasteiger partial charge in [0, 0.05) is 43.6 Å². The van der Waals surface area contributed by atoms with Crippen molar-refractivity contribution in [1.29, 1.82) is 0 Å². The SMILES string of the molecule is CC(C)(C)C1CCC(N2C[C@@H]3C(C(=O)CCC(=O)Nc4cccc(C(F)(F)F)c4)[C@@H]3C2)CC1. The minimum Gasteiger partial charge on any atom is -0.326 e. The Bertz CT molecular complexity index is 872. The van der Waals surface area contributed by atoms with E-state index in [-0.39, 0.29) is 30.2 Å². The van der Waals surface area contributed by atoms with Crippen molar-refractivity contribution in [2.45, 2.75) is 71.5 Å². The first kappa shape index (κ1) is 24.2. The molecular weight excluding hydrogens is 429 g/mol. The highest BCUT2D eigenvalue weighted by Crippen LogP contribution is 2.54. The average Bonchev–Trinajstić information content (AvgIpc) is 3.24. The highest BCUT2D eigenvalue weighted by atomic mass is 19.4. The van der Waals surface area contributed by atoms with E-state index in [0.29, 0.717) is 23.3 Å². The van der Waals surface area contributed by atoms with Crippen molar-refractivity contribution in [3.63, 3.8) is 0 Å². The van der Waals surface area contributed by atoms with Crippen molar-refractivity contribution in [1.82, 2.24) is 4.90 Å². The van der Waals surface area contributed by atoms with Gasteiger partial charge < -0.3 is 5.32 Å². The molecule has 4 nitrogen and oxygen atoms in total. The first-order valence-corrected chi connectivity index (χ1v) is 12.2. The van der Waals surface area contributed by atoms with Crippen molar-refractivity contribution in [2.75, 3.05) is 18.4 Å². The highest BCUT2D eigenvalue weighted by molar-refractivity contribution is 5.94. The second kappa shape index (κ2) is 9.05. The molecule has 1 N–H and O–H groups in total. The molecule has 2 aliphatic carbocycles. The summed E-state index contributed by atoms with van der Waals surface area (Å²) in [5, 5.41) is 2.48. The van der Waals surface area contributed by atoms with Crippen LogP contribution in [0.25, 0.3) is 0 Å². The lowest BCUT2D eigenvalue weighted by molar-refractivity contribution is -0.137. The summed E-state index contributed by atoms with van der Waals surface area (Å²) >= 11 is 0. The third kappa shape index (κ3) is 5.61. The molecule has 1 aliphatic heterocycles. The number of Topliss-reactive ketones (excluding diaryl/α,β-unsaturated/α-hetero) is 1. The molecule has 1 aromatic carbocycles. The summed E-state index contributed by atoms with van der Waals surface area (Å²) in [7, 11) is 0. The fourth-order valence-electron chi connectivity index (χ4n) is 6.04. The summed E-state index contributed by atoms with van der Waals surface area (Å²) in [5.74, 6) is 1.40. The summed E-state index contributed by atoms with van der Waals surface area (Å²) in [5.41, 5.74) is -0.329. The van der Waals surface area contributed by atoms with Gasteiger partial charge in [0.15, 0.2) is 0 Å². The van der Waals surface area contributed by atoms with Crippen LogP contribution < -0.4 is 5.32 Å². The number of nitrogens with one attached hydrogen (secondary N) is 1. The molecular formula is C26H35F3N2O2. The van der Waals surface area contributed by atoms with E-state index in [9.17, 15) is 22.8 Å². The predicted molar refractivity (Wildman–Crippen MR) is 122 cm³/mol. The standard InChI is InChI=1S/C26H35F3N2O2/c1-25(2,3)16-7-9-19(10-8-16)31-14-20-21(15-31)24(20)22(32)11-12-23(33)30-18-6-4-5-17(13-18)26(27,28)29/h4-6,13,16,19-21,24H,7-12,14-15H2,1-3H3,(H,30,33)/t16?,19?,20-,21+,24?. The number of hydrogen-bond acceptors (Lipinski definition) is 3. The van der Waals surface area contributed by atoms with Gasteiger partial charge in [-0.05, 0) is 67.1 Å². The largest absolute Gasteiger partial charge is 0.416 e. The maximum absolute atomic E-state index is 12.8. The molecule has 3 aliphatic rings. The Morgan fingerprint density at radius 2 is 1.64 bits per heavy atom. The molecule has 1 heterocycles. The molecule has 33 heavy (non-hydrogen) atoms. The van der Waals surface area contributed by atoms with Gasteiger partial charge in [0.05, 0.1) is 5.56 Å². The Kier molecular flexibility index (Phi) is 6.64. The van der Waals surface area contributed by atoms with Crippen LogP contribution in [0.1, 0.15) is 64.9 Å². The van der Waals surface area contributed by atoms with Gasteiger partial charge in [-0.1, -0.05) is 26.8 Å². The van der Waals surface area contributed by atoms with Crippen LogP contribution in [0, 0.1) is 29.1 Å². The van der Waals surface area contributed by atoms with Crippen LogP contribution in [0.15, 0.2) is 24.3 Å². The molecule has 182 valence electrons. The Morgan fingerprint density at radius 1 is 1.00 bits per heavy atom. The Morgan fingerprint density at radius 3 is 2.21 bits per heavy atom. The fourth-order valence-corrected chi connectivity index (χ4v) is 6.04. The van der Waals surface area contributed by atoms with Crippen molar-refractivity contribution < 1.29 is 22.8 Å². The van der Waals surface area contributed by atoms with E-state index in [1.165, 1.54) is 37.8 Å². The molecule has 0 aromatic heterocycles. The summed E-state index contributed by atoms with van der Waals surface area (Å²) in [6.07, 6.45) is 0.753. The van der Waals surface area contributed by atoms with Crippen molar-refractivity contribution >= 4 is 17.4 Å². The second-order valence-electron chi connectivity index (χ2n) is 11.3. The molecule has 3 fully saturated rings. The zero-order valence-electron chi connectivity index (χ0n) is 19.8. The smallest absolute Gasteiger partial charge is 0.326 e. The van der Waals surface area contributed by atoms with Gasteiger partial charge in [-0.15, -0.1) is 0 Å². The topological polar surface area (TPSA) is 49.4 Å². The molecule has 0 bridgehead atoms. The summed E-state index contributed by atoms with van der Waals surface area (Å²) < 4.78 is 38.5. The molecule has 2 saturated carbocycles. The zero-order chi connectivity index (χ0) is 24.0. The van der Waals surface area contributed by atoms with E-state index in [4.69, 9.17) is 0 Å². The van der Waals surface area contributed by atoms with Crippen molar-refractivity contribution in [3.05, 3.63) is 29.8 Å². The predicted octanol–water partition coefficient (Wildman–Crippen LogP) is 5.78. The maximum Gasteiger partial charge on any atom is 0.416 e. The molecule has 0 radical (unpaired) electrons. The lowest BCUT2D eigenvalue weighted by Gasteiger charge is -2.40. The number of carbonyl (C=O) groups is 2. The van der Waals surface area contributed by atoms with Gasteiger partial charge in [-0.2, -0.15) is 13.2 Å². The van der Waals surface area contributed by atoms with E-state index in [1.54, 1.807) is 0 Å².